The van der Waals surface area contributed by atoms with Crippen LogP contribution in [0.1, 0.15) is 31.2 Å². The standard InChI is InChI=1S/C13H21N3O/c14-10-11-4-2-7-15-13(11)16(8-3-9-17)12-5-1-6-12/h2,4,7,12,17H,1,3,5-6,8-10,14H2. The third kappa shape index (κ3) is 2.76. The average Bonchev–Trinajstić information content (AvgIpc) is 2.32. The van der Waals surface area contributed by atoms with E-state index in [0.29, 0.717) is 12.6 Å². The fourth-order valence-corrected chi connectivity index (χ4v) is 2.25. The largest absolute Gasteiger partial charge is 0.396 e. The second-order valence-electron chi connectivity index (χ2n) is 4.55. The van der Waals surface area contributed by atoms with Gasteiger partial charge in [-0.25, -0.2) is 4.98 Å². The lowest BCUT2D eigenvalue weighted by Gasteiger charge is -2.39. The first kappa shape index (κ1) is 12.3. The summed E-state index contributed by atoms with van der Waals surface area (Å²) >= 11 is 0. The van der Waals surface area contributed by atoms with Gasteiger partial charge in [0, 0.05) is 37.5 Å². The number of aliphatic hydroxyl groups is 1. The maximum atomic E-state index is 8.99. The molecular weight excluding hydrogens is 214 g/mol. The van der Waals surface area contributed by atoms with Gasteiger partial charge in [-0.3, -0.25) is 0 Å². The lowest BCUT2D eigenvalue weighted by molar-refractivity contribution is 0.282. The molecule has 2 rings (SSSR count). The Balaban J connectivity index is 2.17. The van der Waals surface area contributed by atoms with Crippen LogP contribution in [-0.2, 0) is 6.54 Å². The summed E-state index contributed by atoms with van der Waals surface area (Å²) < 4.78 is 0. The van der Waals surface area contributed by atoms with Crippen LogP contribution in [0.15, 0.2) is 18.3 Å². The van der Waals surface area contributed by atoms with Gasteiger partial charge < -0.3 is 15.7 Å². The molecule has 94 valence electrons. The van der Waals surface area contributed by atoms with Crippen molar-refractivity contribution in [3.8, 4) is 0 Å². The van der Waals surface area contributed by atoms with E-state index < -0.39 is 0 Å². The molecule has 17 heavy (non-hydrogen) atoms. The third-order valence-electron chi connectivity index (χ3n) is 3.43. The van der Waals surface area contributed by atoms with E-state index in [0.717, 1.165) is 24.3 Å². The molecule has 0 bridgehead atoms. The van der Waals surface area contributed by atoms with Crippen molar-refractivity contribution >= 4 is 5.82 Å². The van der Waals surface area contributed by atoms with E-state index in [1.165, 1.54) is 19.3 Å². The van der Waals surface area contributed by atoms with Gasteiger partial charge in [0.15, 0.2) is 0 Å². The Hall–Kier alpha value is -1.13. The van der Waals surface area contributed by atoms with Gasteiger partial charge in [-0.15, -0.1) is 0 Å². The zero-order valence-corrected chi connectivity index (χ0v) is 10.2. The summed E-state index contributed by atoms with van der Waals surface area (Å²) in [7, 11) is 0. The number of hydrogen-bond donors (Lipinski definition) is 2. The number of anilines is 1. The molecule has 1 saturated carbocycles. The van der Waals surface area contributed by atoms with E-state index in [9.17, 15) is 0 Å². The van der Waals surface area contributed by atoms with Crippen molar-refractivity contribution in [2.75, 3.05) is 18.1 Å². The number of nitrogens with two attached hydrogens (primary N) is 1. The Morgan fingerprint density at radius 3 is 2.88 bits per heavy atom. The van der Waals surface area contributed by atoms with Gasteiger partial charge in [-0.05, 0) is 31.7 Å². The normalized spacial score (nSPS) is 15.6. The zero-order chi connectivity index (χ0) is 12.1. The van der Waals surface area contributed by atoms with Crippen LogP contribution in [0.5, 0.6) is 0 Å². The Kier molecular flexibility index (Phi) is 4.34. The maximum Gasteiger partial charge on any atom is 0.133 e. The average molecular weight is 235 g/mol. The van der Waals surface area contributed by atoms with Gasteiger partial charge in [-0.2, -0.15) is 0 Å². The smallest absolute Gasteiger partial charge is 0.133 e. The fourth-order valence-electron chi connectivity index (χ4n) is 2.25. The van der Waals surface area contributed by atoms with Gasteiger partial charge in [0.25, 0.3) is 0 Å². The van der Waals surface area contributed by atoms with Crippen LogP contribution in [0.25, 0.3) is 0 Å². The first-order valence-corrected chi connectivity index (χ1v) is 6.38. The van der Waals surface area contributed by atoms with E-state index in [4.69, 9.17) is 10.8 Å². The molecule has 0 aromatic carbocycles. The quantitative estimate of drug-likeness (QED) is 0.779. The molecule has 1 fully saturated rings. The topological polar surface area (TPSA) is 62.4 Å². The van der Waals surface area contributed by atoms with Gasteiger partial charge >= 0.3 is 0 Å². The Morgan fingerprint density at radius 1 is 1.47 bits per heavy atom. The highest BCUT2D eigenvalue weighted by atomic mass is 16.3. The SMILES string of the molecule is NCc1cccnc1N(CCCO)C1CCC1. The number of nitrogens with zero attached hydrogens (tertiary/aromatic N) is 2. The maximum absolute atomic E-state index is 8.99. The second kappa shape index (κ2) is 5.98. The monoisotopic (exact) mass is 235 g/mol. The van der Waals surface area contributed by atoms with Crippen molar-refractivity contribution in [3.05, 3.63) is 23.9 Å². The van der Waals surface area contributed by atoms with Crippen molar-refractivity contribution in [2.45, 2.75) is 38.3 Å². The molecular formula is C13H21N3O. The first-order valence-electron chi connectivity index (χ1n) is 6.38. The Morgan fingerprint density at radius 2 is 2.29 bits per heavy atom. The summed E-state index contributed by atoms with van der Waals surface area (Å²) in [5.41, 5.74) is 6.86. The highest BCUT2D eigenvalue weighted by Crippen LogP contribution is 2.30. The molecule has 3 N–H and O–H groups in total. The van der Waals surface area contributed by atoms with Crippen molar-refractivity contribution < 1.29 is 5.11 Å². The van der Waals surface area contributed by atoms with Crippen LogP contribution in [0, 0.1) is 0 Å². The summed E-state index contributed by atoms with van der Waals surface area (Å²) in [6.07, 6.45) is 6.36. The molecule has 1 aliphatic carbocycles. The minimum atomic E-state index is 0.230. The Bertz CT molecular complexity index is 352. The first-order chi connectivity index (χ1) is 8.36. The molecule has 0 aliphatic heterocycles. The van der Waals surface area contributed by atoms with E-state index in [1.807, 2.05) is 18.3 Å². The zero-order valence-electron chi connectivity index (χ0n) is 10.2. The summed E-state index contributed by atoms with van der Waals surface area (Å²) in [6.45, 7) is 1.62. The van der Waals surface area contributed by atoms with E-state index in [-0.39, 0.29) is 6.61 Å². The lowest BCUT2D eigenvalue weighted by Crippen LogP contribution is -2.42. The lowest BCUT2D eigenvalue weighted by atomic mass is 9.91. The van der Waals surface area contributed by atoms with Gasteiger partial charge in [-0.1, -0.05) is 6.07 Å². The van der Waals surface area contributed by atoms with Crippen LogP contribution in [0.3, 0.4) is 0 Å². The van der Waals surface area contributed by atoms with Crippen molar-refractivity contribution in [2.24, 2.45) is 5.73 Å². The van der Waals surface area contributed by atoms with Gasteiger partial charge in [0.1, 0.15) is 5.82 Å². The molecule has 1 aromatic heterocycles. The van der Waals surface area contributed by atoms with E-state index in [1.54, 1.807) is 0 Å². The minimum absolute atomic E-state index is 0.230. The van der Waals surface area contributed by atoms with Crippen LogP contribution in [0.2, 0.25) is 0 Å². The predicted octanol–water partition coefficient (Wildman–Crippen LogP) is 1.28. The molecule has 1 aliphatic rings. The van der Waals surface area contributed by atoms with Crippen LogP contribution < -0.4 is 10.6 Å². The van der Waals surface area contributed by atoms with E-state index >= 15 is 0 Å². The summed E-state index contributed by atoms with van der Waals surface area (Å²) in [6, 6.07) is 4.55. The molecule has 4 heteroatoms. The van der Waals surface area contributed by atoms with E-state index in [2.05, 4.69) is 9.88 Å². The Labute approximate surface area is 102 Å². The number of aromatic nitrogens is 1. The van der Waals surface area contributed by atoms with Gasteiger partial charge in [0.2, 0.25) is 0 Å². The van der Waals surface area contributed by atoms with Crippen molar-refractivity contribution in [1.82, 2.24) is 4.98 Å². The van der Waals surface area contributed by atoms with Crippen LogP contribution >= 0.6 is 0 Å². The summed E-state index contributed by atoms with van der Waals surface area (Å²) in [5, 5.41) is 8.99. The fraction of sp³-hybridized carbons (Fsp3) is 0.615. The number of pyridine rings is 1. The number of aliphatic hydroxyl groups excluding tert-OH is 1. The molecule has 1 aromatic rings. The van der Waals surface area contributed by atoms with Gasteiger partial charge in [0.05, 0.1) is 0 Å². The number of hydrogen-bond acceptors (Lipinski definition) is 4. The molecule has 0 unspecified atom stereocenters. The minimum Gasteiger partial charge on any atom is -0.396 e. The highest BCUT2D eigenvalue weighted by molar-refractivity contribution is 5.48. The van der Waals surface area contributed by atoms with Crippen molar-refractivity contribution in [1.29, 1.82) is 0 Å². The molecule has 1 heterocycles. The molecule has 0 saturated heterocycles. The molecule has 4 nitrogen and oxygen atoms in total. The molecule has 0 radical (unpaired) electrons. The molecule has 0 atom stereocenters. The predicted molar refractivity (Wildman–Crippen MR) is 68.8 cm³/mol. The highest BCUT2D eigenvalue weighted by Gasteiger charge is 2.26. The second-order valence-corrected chi connectivity index (χ2v) is 4.55. The van der Waals surface area contributed by atoms with Crippen LogP contribution in [0.4, 0.5) is 5.82 Å². The molecule has 0 spiro atoms. The molecule has 0 amide bonds. The number of rotatable bonds is 6. The third-order valence-corrected chi connectivity index (χ3v) is 3.43. The van der Waals surface area contributed by atoms with Crippen LogP contribution in [-0.4, -0.2) is 29.3 Å². The summed E-state index contributed by atoms with van der Waals surface area (Å²) in [4.78, 5) is 6.79. The van der Waals surface area contributed by atoms with Crippen molar-refractivity contribution in [3.63, 3.8) is 0 Å². The summed E-state index contributed by atoms with van der Waals surface area (Å²) in [5.74, 6) is 1.01.